The van der Waals surface area contributed by atoms with Crippen molar-refractivity contribution in [2.24, 2.45) is 0 Å². The van der Waals surface area contributed by atoms with Crippen molar-refractivity contribution in [2.75, 3.05) is 5.32 Å². The summed E-state index contributed by atoms with van der Waals surface area (Å²) < 4.78 is 5.96. The summed E-state index contributed by atoms with van der Waals surface area (Å²) in [5, 5.41) is 3.94. The van der Waals surface area contributed by atoms with E-state index in [0.717, 1.165) is 16.7 Å². The smallest absolute Gasteiger partial charge is 0.255 e. The predicted octanol–water partition coefficient (Wildman–Crippen LogP) is 5.12. The van der Waals surface area contributed by atoms with Gasteiger partial charge in [-0.2, -0.15) is 0 Å². The number of anilines is 1. The minimum atomic E-state index is -0.201. The summed E-state index contributed by atoms with van der Waals surface area (Å²) >= 11 is 0. The Morgan fingerprint density at radius 1 is 0.852 bits per heavy atom. The molecular formula is C23H19NO3. The van der Waals surface area contributed by atoms with Gasteiger partial charge < -0.3 is 9.73 Å². The lowest BCUT2D eigenvalue weighted by Crippen LogP contribution is -2.12. The SMILES string of the molecule is Cc1cccc(C(=O)Nc2ccc3c(=O)c4cc(C)c(C)cc4oc3c2)c1. The third-order valence-corrected chi connectivity index (χ3v) is 4.82. The molecule has 4 rings (SSSR count). The molecule has 1 aromatic heterocycles. The lowest BCUT2D eigenvalue weighted by atomic mass is 10.1. The lowest BCUT2D eigenvalue weighted by Gasteiger charge is -2.08. The minimum Gasteiger partial charge on any atom is -0.456 e. The minimum absolute atomic E-state index is 0.0640. The zero-order valence-corrected chi connectivity index (χ0v) is 15.4. The maximum Gasteiger partial charge on any atom is 0.255 e. The molecule has 0 aliphatic rings. The standard InChI is InChI=1S/C23H19NO3/c1-13-5-4-6-16(9-13)23(26)24-17-7-8-18-21(12-17)27-20-11-15(3)14(2)10-19(20)22(18)25/h4-12H,1-3H3,(H,24,26). The first kappa shape index (κ1) is 17.0. The molecule has 4 heteroatoms. The van der Waals surface area contributed by atoms with E-state index in [9.17, 15) is 9.59 Å². The average molecular weight is 357 g/mol. The van der Waals surface area contributed by atoms with Gasteiger partial charge in [-0.25, -0.2) is 0 Å². The van der Waals surface area contributed by atoms with Crippen molar-refractivity contribution >= 4 is 33.5 Å². The summed E-state index contributed by atoms with van der Waals surface area (Å²) in [6.45, 7) is 5.90. The molecule has 0 saturated heterocycles. The van der Waals surface area contributed by atoms with Crippen molar-refractivity contribution in [1.29, 1.82) is 0 Å². The molecule has 0 aliphatic heterocycles. The molecule has 0 radical (unpaired) electrons. The van der Waals surface area contributed by atoms with Gasteiger partial charge in [0.25, 0.3) is 5.91 Å². The monoisotopic (exact) mass is 357 g/mol. The molecule has 0 saturated carbocycles. The van der Waals surface area contributed by atoms with Gasteiger partial charge in [-0.15, -0.1) is 0 Å². The second-order valence-electron chi connectivity index (χ2n) is 6.90. The highest BCUT2D eigenvalue weighted by atomic mass is 16.3. The van der Waals surface area contributed by atoms with Gasteiger partial charge in [0.1, 0.15) is 11.2 Å². The van der Waals surface area contributed by atoms with E-state index in [2.05, 4.69) is 5.32 Å². The first-order chi connectivity index (χ1) is 12.9. The molecule has 0 aliphatic carbocycles. The van der Waals surface area contributed by atoms with Crippen molar-refractivity contribution in [2.45, 2.75) is 20.8 Å². The number of nitrogens with one attached hydrogen (secondary N) is 1. The quantitative estimate of drug-likeness (QED) is 0.506. The van der Waals surface area contributed by atoms with Crippen LogP contribution in [0.4, 0.5) is 5.69 Å². The van der Waals surface area contributed by atoms with Crippen molar-refractivity contribution in [3.8, 4) is 0 Å². The summed E-state index contributed by atoms with van der Waals surface area (Å²) in [6.07, 6.45) is 0. The van der Waals surface area contributed by atoms with Gasteiger partial charge in [0, 0.05) is 17.3 Å². The van der Waals surface area contributed by atoms with Crippen LogP contribution in [-0.4, -0.2) is 5.91 Å². The van der Waals surface area contributed by atoms with Crippen LogP contribution in [0.25, 0.3) is 21.9 Å². The van der Waals surface area contributed by atoms with Gasteiger partial charge >= 0.3 is 0 Å². The van der Waals surface area contributed by atoms with Gasteiger partial charge in [-0.3, -0.25) is 9.59 Å². The first-order valence-electron chi connectivity index (χ1n) is 8.78. The van der Waals surface area contributed by atoms with Crippen LogP contribution in [-0.2, 0) is 0 Å². The van der Waals surface area contributed by atoms with Gasteiger partial charge in [0.05, 0.1) is 10.8 Å². The number of amides is 1. The molecule has 0 bridgehead atoms. The highest BCUT2D eigenvalue weighted by Crippen LogP contribution is 2.24. The Hall–Kier alpha value is -3.40. The Morgan fingerprint density at radius 3 is 2.37 bits per heavy atom. The molecule has 1 heterocycles. The number of carbonyl (C=O) groups excluding carboxylic acids is 1. The fourth-order valence-corrected chi connectivity index (χ4v) is 3.18. The van der Waals surface area contributed by atoms with Gasteiger partial charge in [-0.1, -0.05) is 17.7 Å². The molecule has 0 atom stereocenters. The molecule has 0 spiro atoms. The van der Waals surface area contributed by atoms with Crippen LogP contribution in [0.1, 0.15) is 27.0 Å². The van der Waals surface area contributed by atoms with Crippen molar-refractivity contribution in [3.05, 3.63) is 87.1 Å². The van der Waals surface area contributed by atoms with Crippen LogP contribution in [0.15, 0.2) is 63.8 Å². The fourth-order valence-electron chi connectivity index (χ4n) is 3.18. The molecule has 3 aromatic carbocycles. The van der Waals surface area contributed by atoms with Gasteiger partial charge in [0.15, 0.2) is 0 Å². The van der Waals surface area contributed by atoms with Crippen LogP contribution in [0.5, 0.6) is 0 Å². The molecule has 1 amide bonds. The largest absolute Gasteiger partial charge is 0.456 e. The highest BCUT2D eigenvalue weighted by molar-refractivity contribution is 6.05. The third kappa shape index (κ3) is 3.10. The van der Waals surface area contributed by atoms with E-state index in [1.165, 1.54) is 0 Å². The molecule has 0 unspecified atom stereocenters. The number of benzene rings is 3. The van der Waals surface area contributed by atoms with Crippen LogP contribution in [0, 0.1) is 20.8 Å². The number of hydrogen-bond donors (Lipinski definition) is 1. The molecule has 0 fully saturated rings. The summed E-state index contributed by atoms with van der Waals surface area (Å²) in [6, 6.07) is 16.2. The van der Waals surface area contributed by atoms with Crippen molar-refractivity contribution in [1.82, 2.24) is 0 Å². The molecule has 4 aromatic rings. The molecular weight excluding hydrogens is 338 g/mol. The molecule has 4 nitrogen and oxygen atoms in total. The second-order valence-corrected chi connectivity index (χ2v) is 6.90. The summed E-state index contributed by atoms with van der Waals surface area (Å²) in [4.78, 5) is 25.3. The lowest BCUT2D eigenvalue weighted by molar-refractivity contribution is 0.102. The predicted molar refractivity (Wildman–Crippen MR) is 109 cm³/mol. The zero-order valence-electron chi connectivity index (χ0n) is 15.4. The Labute approximate surface area is 156 Å². The Bertz CT molecular complexity index is 1270. The zero-order chi connectivity index (χ0) is 19.1. The summed E-state index contributed by atoms with van der Waals surface area (Å²) in [5.74, 6) is -0.201. The van der Waals surface area contributed by atoms with Crippen molar-refractivity contribution in [3.63, 3.8) is 0 Å². The van der Waals surface area contributed by atoms with Crippen LogP contribution in [0.2, 0.25) is 0 Å². The number of carbonyl (C=O) groups is 1. The van der Waals surface area contributed by atoms with Crippen molar-refractivity contribution < 1.29 is 9.21 Å². The normalized spacial score (nSPS) is 11.1. The average Bonchev–Trinajstić information content (AvgIpc) is 2.63. The second kappa shape index (κ2) is 6.40. The fraction of sp³-hybridized carbons (Fsp3) is 0.130. The van der Waals surface area contributed by atoms with E-state index in [0.29, 0.717) is 33.2 Å². The Balaban J connectivity index is 1.78. The van der Waals surface area contributed by atoms with Crippen LogP contribution >= 0.6 is 0 Å². The van der Waals surface area contributed by atoms with Crippen LogP contribution in [0.3, 0.4) is 0 Å². The topological polar surface area (TPSA) is 59.3 Å². The molecule has 1 N–H and O–H groups in total. The van der Waals surface area contributed by atoms with E-state index >= 15 is 0 Å². The maximum atomic E-state index is 12.8. The Morgan fingerprint density at radius 2 is 1.59 bits per heavy atom. The van der Waals surface area contributed by atoms with Gasteiger partial charge in [-0.05, 0) is 68.3 Å². The number of aryl methyl sites for hydroxylation is 3. The van der Waals surface area contributed by atoms with E-state index in [-0.39, 0.29) is 11.3 Å². The van der Waals surface area contributed by atoms with E-state index in [4.69, 9.17) is 4.42 Å². The third-order valence-electron chi connectivity index (χ3n) is 4.82. The summed E-state index contributed by atoms with van der Waals surface area (Å²) in [7, 11) is 0. The number of fused-ring (bicyclic) bond motifs is 2. The number of hydrogen-bond acceptors (Lipinski definition) is 3. The van der Waals surface area contributed by atoms with E-state index < -0.39 is 0 Å². The first-order valence-corrected chi connectivity index (χ1v) is 8.78. The molecule has 134 valence electrons. The Kier molecular flexibility index (Phi) is 4.04. The van der Waals surface area contributed by atoms with E-state index in [1.54, 1.807) is 24.3 Å². The highest BCUT2D eigenvalue weighted by Gasteiger charge is 2.11. The number of rotatable bonds is 2. The summed E-state index contributed by atoms with van der Waals surface area (Å²) in [5.41, 5.74) is 5.25. The van der Waals surface area contributed by atoms with Gasteiger partial charge in [0.2, 0.25) is 5.43 Å². The maximum absolute atomic E-state index is 12.8. The molecule has 27 heavy (non-hydrogen) atoms. The van der Waals surface area contributed by atoms with E-state index in [1.807, 2.05) is 51.1 Å². The van der Waals surface area contributed by atoms with Crippen LogP contribution < -0.4 is 10.7 Å².